The van der Waals surface area contributed by atoms with Crippen LogP contribution in [0.15, 0.2) is 58.0 Å². The lowest BCUT2D eigenvalue weighted by Gasteiger charge is -2.08. The number of furan rings is 1. The maximum absolute atomic E-state index is 12.6. The Hall–Kier alpha value is -2.73. The van der Waals surface area contributed by atoms with Gasteiger partial charge in [0.25, 0.3) is 0 Å². The van der Waals surface area contributed by atoms with Gasteiger partial charge < -0.3 is 13.7 Å². The highest BCUT2D eigenvalue weighted by molar-refractivity contribution is 7.98. The lowest BCUT2D eigenvalue weighted by molar-refractivity contribution is 0.0474. The number of carbonyl (C=O) groups excluding carboxylic acids is 2. The average molecular weight is 383 g/mol. The van der Waals surface area contributed by atoms with E-state index >= 15 is 0 Å². The van der Waals surface area contributed by atoms with E-state index in [4.69, 9.17) is 9.15 Å². The minimum absolute atomic E-state index is 0.220. The molecule has 140 valence electrons. The fourth-order valence-corrected chi connectivity index (χ4v) is 3.31. The molecular weight excluding hydrogens is 362 g/mol. The minimum Gasteiger partial charge on any atom is -0.467 e. The van der Waals surface area contributed by atoms with Crippen LogP contribution in [-0.4, -0.2) is 29.2 Å². The van der Waals surface area contributed by atoms with E-state index in [1.165, 1.54) is 0 Å². The van der Waals surface area contributed by atoms with Crippen molar-refractivity contribution in [3.63, 3.8) is 0 Å². The molecule has 0 atom stereocenters. The molecule has 0 amide bonds. The van der Waals surface area contributed by atoms with Crippen molar-refractivity contribution in [2.45, 2.75) is 25.3 Å². The molecule has 6 heteroatoms. The van der Waals surface area contributed by atoms with Gasteiger partial charge in [0.05, 0.1) is 18.4 Å². The molecule has 0 aliphatic heterocycles. The number of hydrogen-bond donors (Lipinski definition) is 0. The minimum atomic E-state index is -0.500. The van der Waals surface area contributed by atoms with Gasteiger partial charge in [-0.1, -0.05) is 0 Å². The van der Waals surface area contributed by atoms with Gasteiger partial charge in [-0.15, -0.1) is 11.8 Å². The van der Waals surface area contributed by atoms with Crippen molar-refractivity contribution in [2.24, 2.45) is 0 Å². The van der Waals surface area contributed by atoms with Crippen molar-refractivity contribution in [3.8, 4) is 0 Å². The van der Waals surface area contributed by atoms with E-state index in [9.17, 15) is 9.59 Å². The van der Waals surface area contributed by atoms with Crippen LogP contribution in [0.25, 0.3) is 0 Å². The first kappa shape index (κ1) is 19.0. The van der Waals surface area contributed by atoms with E-state index in [0.717, 1.165) is 22.0 Å². The van der Waals surface area contributed by atoms with Crippen LogP contribution >= 0.6 is 11.8 Å². The summed E-state index contributed by atoms with van der Waals surface area (Å²) in [4.78, 5) is 25.8. The molecule has 0 aliphatic rings. The van der Waals surface area contributed by atoms with Crippen LogP contribution in [0.1, 0.15) is 37.9 Å². The second-order valence-electron chi connectivity index (χ2n) is 6.18. The van der Waals surface area contributed by atoms with Crippen LogP contribution in [0, 0.1) is 13.8 Å². The number of Topliss-reactive ketones (excluding diaryl/α,β-unsaturated/α-hetero) is 1. The fourth-order valence-electron chi connectivity index (χ4n) is 2.90. The van der Waals surface area contributed by atoms with Crippen molar-refractivity contribution in [1.29, 1.82) is 0 Å². The molecule has 0 saturated carbocycles. The number of thioether (sulfide) groups is 1. The van der Waals surface area contributed by atoms with E-state index in [0.29, 0.717) is 17.7 Å². The third kappa shape index (κ3) is 4.34. The summed E-state index contributed by atoms with van der Waals surface area (Å²) < 4.78 is 12.6. The van der Waals surface area contributed by atoms with Crippen LogP contribution in [0.5, 0.6) is 0 Å². The number of hydrogen-bond acceptors (Lipinski definition) is 5. The zero-order valence-corrected chi connectivity index (χ0v) is 16.3. The van der Waals surface area contributed by atoms with Gasteiger partial charge in [0, 0.05) is 21.8 Å². The van der Waals surface area contributed by atoms with E-state index in [1.807, 2.05) is 55.0 Å². The lowest BCUT2D eigenvalue weighted by atomic mass is 10.1. The molecule has 5 nitrogen and oxygen atoms in total. The largest absolute Gasteiger partial charge is 0.467 e. The maximum Gasteiger partial charge on any atom is 0.338 e. The molecular formula is C21H21NO4S. The zero-order valence-electron chi connectivity index (χ0n) is 15.5. The number of benzene rings is 1. The summed E-state index contributed by atoms with van der Waals surface area (Å²) in [6.45, 7) is 4.09. The molecule has 0 aliphatic carbocycles. The quantitative estimate of drug-likeness (QED) is 0.341. The summed E-state index contributed by atoms with van der Waals surface area (Å²) in [5, 5.41) is 0. The Bertz CT molecular complexity index is 939. The Labute approximate surface area is 162 Å². The highest BCUT2D eigenvalue weighted by atomic mass is 32.2. The van der Waals surface area contributed by atoms with Crippen LogP contribution in [0.4, 0.5) is 0 Å². The first-order valence-electron chi connectivity index (χ1n) is 8.53. The van der Waals surface area contributed by atoms with Gasteiger partial charge in [0.15, 0.2) is 6.61 Å². The first-order chi connectivity index (χ1) is 13.0. The Kier molecular flexibility index (Phi) is 5.86. The Morgan fingerprint density at radius 1 is 1.15 bits per heavy atom. The molecule has 1 aromatic carbocycles. The number of nitrogens with zero attached hydrogens (tertiary/aromatic N) is 1. The van der Waals surface area contributed by atoms with E-state index in [1.54, 1.807) is 30.2 Å². The third-order valence-corrected chi connectivity index (χ3v) is 5.17. The van der Waals surface area contributed by atoms with Crippen molar-refractivity contribution < 1.29 is 18.7 Å². The van der Waals surface area contributed by atoms with Crippen molar-refractivity contribution >= 4 is 23.5 Å². The normalized spacial score (nSPS) is 10.8. The van der Waals surface area contributed by atoms with Gasteiger partial charge in [-0.05, 0) is 62.6 Å². The van der Waals surface area contributed by atoms with Crippen molar-refractivity contribution in [1.82, 2.24) is 4.57 Å². The predicted octanol–water partition coefficient (Wildman–Crippen LogP) is 4.51. The Balaban J connectivity index is 1.66. The number of esters is 1. The molecule has 0 fully saturated rings. The van der Waals surface area contributed by atoms with Gasteiger partial charge in [-0.2, -0.15) is 0 Å². The number of ketones is 1. The standard InChI is InChI=1S/C21H21NO4S/c1-14-11-19(15(2)22(14)12-17-5-4-10-25-17)20(23)13-26-21(24)16-6-8-18(27-3)9-7-16/h4-11H,12-13H2,1-3H3. The molecule has 0 radical (unpaired) electrons. The fraction of sp³-hybridized carbons (Fsp3) is 0.238. The first-order valence-corrected chi connectivity index (χ1v) is 9.75. The zero-order chi connectivity index (χ0) is 19.4. The highest BCUT2D eigenvalue weighted by Crippen LogP contribution is 2.19. The molecule has 0 spiro atoms. The van der Waals surface area contributed by atoms with Gasteiger partial charge in [0.1, 0.15) is 5.76 Å². The van der Waals surface area contributed by atoms with Crippen LogP contribution in [-0.2, 0) is 11.3 Å². The van der Waals surface area contributed by atoms with Gasteiger partial charge in [0.2, 0.25) is 5.78 Å². The summed E-state index contributed by atoms with van der Waals surface area (Å²) in [7, 11) is 0. The van der Waals surface area contributed by atoms with Gasteiger partial charge >= 0.3 is 5.97 Å². The predicted molar refractivity (Wildman–Crippen MR) is 105 cm³/mol. The van der Waals surface area contributed by atoms with E-state index in [2.05, 4.69) is 0 Å². The monoisotopic (exact) mass is 383 g/mol. The van der Waals surface area contributed by atoms with Crippen molar-refractivity contribution in [2.75, 3.05) is 12.9 Å². The number of rotatable bonds is 7. The molecule has 0 N–H and O–H groups in total. The summed E-state index contributed by atoms with van der Waals surface area (Å²) in [6.07, 6.45) is 3.59. The Morgan fingerprint density at radius 2 is 1.89 bits per heavy atom. The number of ether oxygens (including phenoxy) is 1. The van der Waals surface area contributed by atoms with Crippen LogP contribution in [0.2, 0.25) is 0 Å². The number of carbonyl (C=O) groups is 2. The summed E-state index contributed by atoms with van der Waals surface area (Å²) in [5.74, 6) is 0.0965. The molecule has 27 heavy (non-hydrogen) atoms. The lowest BCUT2D eigenvalue weighted by Crippen LogP contribution is -2.15. The topological polar surface area (TPSA) is 61.4 Å². The summed E-state index contributed by atoms with van der Waals surface area (Å²) >= 11 is 1.60. The summed E-state index contributed by atoms with van der Waals surface area (Å²) in [5.41, 5.74) is 2.77. The average Bonchev–Trinajstić information content (AvgIpc) is 3.29. The molecule has 3 rings (SSSR count). The van der Waals surface area contributed by atoms with E-state index < -0.39 is 5.97 Å². The smallest absolute Gasteiger partial charge is 0.338 e. The number of aromatic nitrogens is 1. The highest BCUT2D eigenvalue weighted by Gasteiger charge is 2.18. The number of aryl methyl sites for hydroxylation is 1. The second-order valence-corrected chi connectivity index (χ2v) is 7.06. The van der Waals surface area contributed by atoms with Crippen LogP contribution < -0.4 is 0 Å². The maximum atomic E-state index is 12.6. The molecule has 0 unspecified atom stereocenters. The van der Waals surface area contributed by atoms with E-state index in [-0.39, 0.29) is 12.4 Å². The third-order valence-electron chi connectivity index (χ3n) is 4.43. The summed E-state index contributed by atoms with van der Waals surface area (Å²) in [6, 6.07) is 12.7. The second kappa shape index (κ2) is 8.31. The van der Waals surface area contributed by atoms with Gasteiger partial charge in [-0.25, -0.2) is 4.79 Å². The van der Waals surface area contributed by atoms with Crippen LogP contribution in [0.3, 0.4) is 0 Å². The SMILES string of the molecule is CSc1ccc(C(=O)OCC(=O)c2cc(C)n(Cc3ccco3)c2C)cc1. The van der Waals surface area contributed by atoms with Crippen molar-refractivity contribution in [3.05, 3.63) is 77.0 Å². The molecule has 2 aromatic heterocycles. The molecule has 2 heterocycles. The molecule has 0 bridgehead atoms. The Morgan fingerprint density at radius 3 is 2.52 bits per heavy atom. The molecule has 3 aromatic rings. The molecule has 0 saturated heterocycles. The van der Waals surface area contributed by atoms with Gasteiger partial charge in [-0.3, -0.25) is 4.79 Å².